The highest BCUT2D eigenvalue weighted by molar-refractivity contribution is 5.76. The molecule has 0 spiro atoms. The predicted molar refractivity (Wildman–Crippen MR) is 94.2 cm³/mol. The van der Waals surface area contributed by atoms with E-state index in [1.807, 2.05) is 25.1 Å². The Bertz CT molecular complexity index is 472. The number of ether oxygens (including phenoxy) is 2. The monoisotopic (exact) mass is 321 g/mol. The van der Waals surface area contributed by atoms with Crippen molar-refractivity contribution in [3.8, 4) is 11.5 Å². The molecule has 0 radical (unpaired) electrons. The van der Waals surface area contributed by atoms with Gasteiger partial charge in [-0.05, 0) is 43.4 Å². The number of unbranched alkanes of at least 4 members (excludes halogenated alkanes) is 1. The highest BCUT2D eigenvalue weighted by atomic mass is 16.5. The lowest BCUT2D eigenvalue weighted by Crippen LogP contribution is -2.27. The topological polar surface area (TPSA) is 47.6 Å². The minimum absolute atomic E-state index is 0.0972. The summed E-state index contributed by atoms with van der Waals surface area (Å²) in [6.07, 6.45) is 3.34. The van der Waals surface area contributed by atoms with Crippen LogP contribution in [-0.4, -0.2) is 25.7 Å². The van der Waals surface area contributed by atoms with Crippen LogP contribution in [0.5, 0.6) is 11.5 Å². The van der Waals surface area contributed by atoms with E-state index in [-0.39, 0.29) is 5.91 Å². The fourth-order valence-corrected chi connectivity index (χ4v) is 2.09. The molecule has 0 aliphatic rings. The van der Waals surface area contributed by atoms with Crippen molar-refractivity contribution in [1.29, 1.82) is 0 Å². The molecule has 1 aromatic rings. The zero-order valence-corrected chi connectivity index (χ0v) is 15.0. The highest BCUT2D eigenvalue weighted by Gasteiger charge is 2.08. The number of nitrogens with one attached hydrogen (secondary N) is 1. The van der Waals surface area contributed by atoms with Crippen molar-refractivity contribution >= 4 is 5.91 Å². The van der Waals surface area contributed by atoms with E-state index in [0.29, 0.717) is 32.0 Å². The Kier molecular flexibility index (Phi) is 9.18. The fourth-order valence-electron chi connectivity index (χ4n) is 2.09. The summed E-state index contributed by atoms with van der Waals surface area (Å²) in [5.41, 5.74) is 1.09. The Balaban J connectivity index is 2.58. The molecule has 1 rings (SSSR count). The van der Waals surface area contributed by atoms with Crippen molar-refractivity contribution in [2.45, 2.75) is 53.4 Å². The first kappa shape index (κ1) is 19.3. The van der Waals surface area contributed by atoms with Crippen LogP contribution in [0.1, 0.15) is 52.5 Å². The normalized spacial score (nSPS) is 10.7. The second-order valence-corrected chi connectivity index (χ2v) is 6.11. The molecule has 0 saturated heterocycles. The van der Waals surface area contributed by atoms with E-state index in [1.54, 1.807) is 0 Å². The average molecular weight is 321 g/mol. The summed E-state index contributed by atoms with van der Waals surface area (Å²) in [7, 11) is 0. The number of rotatable bonds is 11. The number of hydrogen-bond donors (Lipinski definition) is 1. The van der Waals surface area contributed by atoms with E-state index in [0.717, 1.165) is 36.4 Å². The third kappa shape index (κ3) is 7.91. The van der Waals surface area contributed by atoms with Crippen LogP contribution in [0.4, 0.5) is 0 Å². The lowest BCUT2D eigenvalue weighted by molar-refractivity contribution is -0.121. The fraction of sp³-hybridized carbons (Fsp3) is 0.632. The van der Waals surface area contributed by atoms with Gasteiger partial charge in [-0.2, -0.15) is 0 Å². The third-order valence-corrected chi connectivity index (χ3v) is 3.41. The smallest absolute Gasteiger partial charge is 0.220 e. The van der Waals surface area contributed by atoms with E-state index >= 15 is 0 Å². The van der Waals surface area contributed by atoms with Gasteiger partial charge in [0.05, 0.1) is 13.2 Å². The largest absolute Gasteiger partial charge is 0.490 e. The van der Waals surface area contributed by atoms with E-state index in [4.69, 9.17) is 9.47 Å². The van der Waals surface area contributed by atoms with Crippen LogP contribution in [0, 0.1) is 5.92 Å². The van der Waals surface area contributed by atoms with Crippen molar-refractivity contribution < 1.29 is 14.3 Å². The van der Waals surface area contributed by atoms with Gasteiger partial charge < -0.3 is 14.8 Å². The molecule has 0 aromatic heterocycles. The van der Waals surface area contributed by atoms with Crippen LogP contribution < -0.4 is 14.8 Å². The molecule has 0 atom stereocenters. The minimum Gasteiger partial charge on any atom is -0.490 e. The van der Waals surface area contributed by atoms with E-state index < -0.39 is 0 Å². The minimum atomic E-state index is 0.0972. The summed E-state index contributed by atoms with van der Waals surface area (Å²) in [6, 6.07) is 5.95. The Hall–Kier alpha value is -1.71. The highest BCUT2D eigenvalue weighted by Crippen LogP contribution is 2.29. The SMILES string of the molecule is CCCCOc1ccc(CCC(=O)NCC(C)C)cc1OCC. The molecular weight excluding hydrogens is 290 g/mol. The molecule has 130 valence electrons. The summed E-state index contributed by atoms with van der Waals surface area (Å²) in [5.74, 6) is 2.12. The van der Waals surface area contributed by atoms with Gasteiger partial charge in [0.25, 0.3) is 0 Å². The lowest BCUT2D eigenvalue weighted by Gasteiger charge is -2.13. The van der Waals surface area contributed by atoms with Gasteiger partial charge in [-0.3, -0.25) is 4.79 Å². The Morgan fingerprint density at radius 1 is 1.17 bits per heavy atom. The van der Waals surface area contributed by atoms with Crippen molar-refractivity contribution in [2.75, 3.05) is 19.8 Å². The van der Waals surface area contributed by atoms with E-state index in [2.05, 4.69) is 26.1 Å². The van der Waals surface area contributed by atoms with Gasteiger partial charge in [0.15, 0.2) is 11.5 Å². The zero-order valence-electron chi connectivity index (χ0n) is 15.0. The second-order valence-electron chi connectivity index (χ2n) is 6.11. The van der Waals surface area contributed by atoms with E-state index in [1.165, 1.54) is 0 Å². The van der Waals surface area contributed by atoms with Crippen molar-refractivity contribution in [2.24, 2.45) is 5.92 Å². The number of aryl methyl sites for hydroxylation is 1. The zero-order chi connectivity index (χ0) is 17.1. The maximum Gasteiger partial charge on any atom is 0.220 e. The number of carbonyl (C=O) groups excluding carboxylic acids is 1. The standard InChI is InChI=1S/C19H31NO3/c1-5-7-12-23-17-10-8-16(13-18(17)22-6-2)9-11-19(21)20-14-15(3)4/h8,10,13,15H,5-7,9,11-12,14H2,1-4H3,(H,20,21). The molecule has 1 aromatic carbocycles. The van der Waals surface area contributed by atoms with Gasteiger partial charge in [-0.1, -0.05) is 33.3 Å². The summed E-state index contributed by atoms with van der Waals surface area (Å²) < 4.78 is 11.4. The Morgan fingerprint density at radius 2 is 1.96 bits per heavy atom. The van der Waals surface area contributed by atoms with Crippen molar-refractivity contribution in [3.05, 3.63) is 23.8 Å². The van der Waals surface area contributed by atoms with Gasteiger partial charge in [0.1, 0.15) is 0 Å². The van der Waals surface area contributed by atoms with Crippen molar-refractivity contribution in [1.82, 2.24) is 5.32 Å². The summed E-state index contributed by atoms with van der Waals surface area (Å²) in [5, 5.41) is 2.94. The molecule has 0 heterocycles. The predicted octanol–water partition coefficient (Wildman–Crippen LogP) is 3.97. The number of amides is 1. The Labute approximate surface area is 140 Å². The summed E-state index contributed by atoms with van der Waals surface area (Å²) in [6.45, 7) is 10.3. The average Bonchev–Trinajstić information content (AvgIpc) is 2.53. The molecular formula is C19H31NO3. The molecule has 4 heteroatoms. The van der Waals surface area contributed by atoms with Crippen molar-refractivity contribution in [3.63, 3.8) is 0 Å². The molecule has 0 aliphatic heterocycles. The van der Waals surface area contributed by atoms with Crippen LogP contribution in [0.25, 0.3) is 0 Å². The number of hydrogen-bond acceptors (Lipinski definition) is 3. The summed E-state index contributed by atoms with van der Waals surface area (Å²) in [4.78, 5) is 11.8. The lowest BCUT2D eigenvalue weighted by atomic mass is 10.1. The molecule has 4 nitrogen and oxygen atoms in total. The third-order valence-electron chi connectivity index (χ3n) is 3.41. The quantitative estimate of drug-likeness (QED) is 0.627. The van der Waals surface area contributed by atoms with Crippen LogP contribution in [0.15, 0.2) is 18.2 Å². The Morgan fingerprint density at radius 3 is 2.61 bits per heavy atom. The molecule has 0 saturated carbocycles. The van der Waals surface area contributed by atoms with Gasteiger partial charge in [0, 0.05) is 13.0 Å². The first-order chi connectivity index (χ1) is 11.1. The number of benzene rings is 1. The first-order valence-electron chi connectivity index (χ1n) is 8.72. The maximum absolute atomic E-state index is 11.8. The van der Waals surface area contributed by atoms with Gasteiger partial charge in [-0.25, -0.2) is 0 Å². The first-order valence-corrected chi connectivity index (χ1v) is 8.72. The maximum atomic E-state index is 11.8. The second kappa shape index (κ2) is 10.9. The molecule has 0 bridgehead atoms. The van der Waals surface area contributed by atoms with Crippen LogP contribution in [-0.2, 0) is 11.2 Å². The molecule has 1 N–H and O–H groups in total. The summed E-state index contributed by atoms with van der Waals surface area (Å²) >= 11 is 0. The molecule has 0 unspecified atom stereocenters. The number of carbonyl (C=O) groups is 1. The molecule has 0 aliphatic carbocycles. The van der Waals surface area contributed by atoms with Gasteiger partial charge in [0.2, 0.25) is 5.91 Å². The van der Waals surface area contributed by atoms with E-state index in [9.17, 15) is 4.79 Å². The van der Waals surface area contributed by atoms with Crippen LogP contribution >= 0.6 is 0 Å². The van der Waals surface area contributed by atoms with Gasteiger partial charge >= 0.3 is 0 Å². The van der Waals surface area contributed by atoms with Crippen LogP contribution in [0.2, 0.25) is 0 Å². The molecule has 23 heavy (non-hydrogen) atoms. The molecule has 1 amide bonds. The van der Waals surface area contributed by atoms with Gasteiger partial charge in [-0.15, -0.1) is 0 Å². The molecule has 0 fully saturated rings. The van der Waals surface area contributed by atoms with Crippen LogP contribution in [0.3, 0.4) is 0 Å².